The molecule has 1 rings (SSSR count). The Morgan fingerprint density at radius 2 is 2.40 bits per heavy atom. The van der Waals surface area contributed by atoms with Gasteiger partial charge in [0.05, 0.1) is 13.7 Å². The molecule has 3 heteroatoms. The third-order valence-electron chi connectivity index (χ3n) is 1.06. The molecule has 1 aromatic rings. The van der Waals surface area contributed by atoms with Crippen molar-refractivity contribution in [3.05, 3.63) is 29.7 Å². The topological polar surface area (TPSA) is 26.5 Å². The molecule has 3 nitrogen and oxygen atoms in total. The number of aromatic nitrogens is 1. The third-order valence-corrected chi connectivity index (χ3v) is 1.06. The van der Waals surface area contributed by atoms with Crippen LogP contribution in [0.3, 0.4) is 0 Å². The lowest BCUT2D eigenvalue weighted by Crippen LogP contribution is -1.83. The van der Waals surface area contributed by atoms with E-state index in [4.69, 9.17) is 11.3 Å². The fourth-order valence-corrected chi connectivity index (χ4v) is 0.559. The van der Waals surface area contributed by atoms with Gasteiger partial charge in [0.1, 0.15) is 0 Å². The highest BCUT2D eigenvalue weighted by Crippen LogP contribution is 2.12. The second-order valence-corrected chi connectivity index (χ2v) is 1.67. The second-order valence-electron chi connectivity index (χ2n) is 1.67. The van der Waals surface area contributed by atoms with E-state index in [1.54, 1.807) is 19.2 Å². The summed E-state index contributed by atoms with van der Waals surface area (Å²) in [4.78, 5) is 7.01. The van der Waals surface area contributed by atoms with Crippen LogP contribution in [0.5, 0.6) is 5.88 Å². The van der Waals surface area contributed by atoms with Crippen molar-refractivity contribution >= 4 is 5.69 Å². The first-order valence-corrected chi connectivity index (χ1v) is 2.74. The van der Waals surface area contributed by atoms with E-state index in [1.165, 1.54) is 6.20 Å². The summed E-state index contributed by atoms with van der Waals surface area (Å²) in [5.41, 5.74) is 0.529. The standard InChI is InChI=1S/C7H6N2O/c1-8-6-3-4-7(10-2)9-5-6/h3-5H,2H3. The van der Waals surface area contributed by atoms with Gasteiger partial charge in [-0.15, -0.1) is 0 Å². The van der Waals surface area contributed by atoms with Crippen molar-refractivity contribution in [2.75, 3.05) is 7.11 Å². The van der Waals surface area contributed by atoms with Gasteiger partial charge in [-0.25, -0.2) is 9.83 Å². The van der Waals surface area contributed by atoms with Crippen molar-refractivity contribution < 1.29 is 4.74 Å². The summed E-state index contributed by atoms with van der Waals surface area (Å²) in [6, 6.07) is 3.33. The first-order valence-electron chi connectivity index (χ1n) is 2.74. The van der Waals surface area contributed by atoms with E-state index in [9.17, 15) is 0 Å². The summed E-state index contributed by atoms with van der Waals surface area (Å²) in [7, 11) is 1.54. The molecule has 0 unspecified atom stereocenters. The zero-order valence-electron chi connectivity index (χ0n) is 5.53. The van der Waals surface area contributed by atoms with E-state index in [1.807, 2.05) is 0 Å². The van der Waals surface area contributed by atoms with Gasteiger partial charge in [0, 0.05) is 6.20 Å². The van der Waals surface area contributed by atoms with Gasteiger partial charge in [0.2, 0.25) is 11.6 Å². The van der Waals surface area contributed by atoms with Crippen LogP contribution in [0, 0.1) is 6.57 Å². The average Bonchev–Trinajstić information content (AvgIpc) is 2.05. The van der Waals surface area contributed by atoms with Crippen molar-refractivity contribution in [1.29, 1.82) is 0 Å². The number of nitrogens with zero attached hydrogens (tertiary/aromatic N) is 2. The molecule has 0 amide bonds. The Labute approximate surface area is 59.1 Å². The summed E-state index contributed by atoms with van der Waals surface area (Å²) in [5, 5.41) is 0. The molecule has 0 aromatic carbocycles. The normalized spacial score (nSPS) is 8.40. The lowest BCUT2D eigenvalue weighted by molar-refractivity contribution is 0.398. The molecule has 0 bridgehead atoms. The Morgan fingerprint density at radius 3 is 2.80 bits per heavy atom. The fourth-order valence-electron chi connectivity index (χ4n) is 0.559. The molecule has 0 saturated heterocycles. The van der Waals surface area contributed by atoms with Crippen LogP contribution in [0.1, 0.15) is 0 Å². The maximum atomic E-state index is 6.62. The van der Waals surface area contributed by atoms with Crippen LogP contribution in [0.4, 0.5) is 5.69 Å². The quantitative estimate of drug-likeness (QED) is 0.546. The molecule has 0 radical (unpaired) electrons. The molecule has 0 fully saturated rings. The molecule has 0 aliphatic heterocycles. The number of rotatable bonds is 1. The largest absolute Gasteiger partial charge is 0.481 e. The number of hydrogen-bond acceptors (Lipinski definition) is 2. The number of ether oxygens (including phenoxy) is 1. The number of pyridine rings is 1. The molecule has 0 atom stereocenters. The van der Waals surface area contributed by atoms with Gasteiger partial charge in [-0.05, 0) is 12.1 Å². The number of hydrogen-bond donors (Lipinski definition) is 0. The summed E-state index contributed by atoms with van der Waals surface area (Å²) >= 11 is 0. The predicted octanol–water partition coefficient (Wildman–Crippen LogP) is 1.64. The van der Waals surface area contributed by atoms with Gasteiger partial charge in [0.25, 0.3) is 0 Å². The maximum absolute atomic E-state index is 6.62. The van der Waals surface area contributed by atoms with Crippen LogP contribution in [-0.4, -0.2) is 12.1 Å². The summed E-state index contributed by atoms with van der Waals surface area (Å²) < 4.78 is 4.80. The van der Waals surface area contributed by atoms with E-state index in [0.717, 1.165) is 0 Å². The van der Waals surface area contributed by atoms with Crippen LogP contribution in [0.2, 0.25) is 0 Å². The van der Waals surface area contributed by atoms with E-state index in [2.05, 4.69) is 9.83 Å². The SMILES string of the molecule is [C-]#[N+]c1ccc(OC)nc1. The zero-order valence-corrected chi connectivity index (χ0v) is 5.53. The molecular weight excluding hydrogens is 128 g/mol. The van der Waals surface area contributed by atoms with Gasteiger partial charge in [-0.1, -0.05) is 0 Å². The van der Waals surface area contributed by atoms with E-state index < -0.39 is 0 Å². The van der Waals surface area contributed by atoms with Crippen molar-refractivity contribution in [2.45, 2.75) is 0 Å². The minimum atomic E-state index is 0.529. The van der Waals surface area contributed by atoms with Gasteiger partial charge >= 0.3 is 0 Å². The smallest absolute Gasteiger partial charge is 0.210 e. The molecule has 50 valence electrons. The van der Waals surface area contributed by atoms with Crippen LogP contribution in [0.15, 0.2) is 18.3 Å². The molecule has 1 aromatic heterocycles. The van der Waals surface area contributed by atoms with Crippen LogP contribution < -0.4 is 4.74 Å². The molecule has 10 heavy (non-hydrogen) atoms. The molecule has 0 spiro atoms. The molecule has 0 aliphatic carbocycles. The van der Waals surface area contributed by atoms with E-state index in [0.29, 0.717) is 11.6 Å². The summed E-state index contributed by atoms with van der Waals surface area (Å²) in [5.74, 6) is 0.535. The highest BCUT2D eigenvalue weighted by atomic mass is 16.5. The highest BCUT2D eigenvalue weighted by molar-refractivity contribution is 5.42. The maximum Gasteiger partial charge on any atom is 0.210 e. The molecule has 0 N–H and O–H groups in total. The van der Waals surface area contributed by atoms with E-state index >= 15 is 0 Å². The van der Waals surface area contributed by atoms with Crippen molar-refractivity contribution in [3.63, 3.8) is 0 Å². The first-order chi connectivity index (χ1) is 4.86. The van der Waals surface area contributed by atoms with Gasteiger partial charge < -0.3 is 4.74 Å². The third kappa shape index (κ3) is 1.23. The Kier molecular flexibility index (Phi) is 1.86. The lowest BCUT2D eigenvalue weighted by Gasteiger charge is -1.94. The molecule has 1 heterocycles. The minimum Gasteiger partial charge on any atom is -0.481 e. The van der Waals surface area contributed by atoms with Gasteiger partial charge in [-0.3, -0.25) is 0 Å². The summed E-state index contributed by atoms with van der Waals surface area (Å²) in [6.45, 7) is 6.62. The minimum absolute atomic E-state index is 0.529. The van der Waals surface area contributed by atoms with Crippen LogP contribution >= 0.6 is 0 Å². The number of methoxy groups -OCH3 is 1. The molecule has 0 saturated carbocycles. The second kappa shape index (κ2) is 2.83. The van der Waals surface area contributed by atoms with Crippen molar-refractivity contribution in [3.8, 4) is 5.88 Å². The zero-order chi connectivity index (χ0) is 7.40. The Balaban J connectivity index is 2.93. The molecular formula is C7H6N2O. The first kappa shape index (κ1) is 6.56. The molecule has 0 aliphatic rings. The fraction of sp³-hybridized carbons (Fsp3) is 0.143. The van der Waals surface area contributed by atoms with Gasteiger partial charge in [-0.2, -0.15) is 0 Å². The lowest BCUT2D eigenvalue weighted by atomic mass is 10.4. The van der Waals surface area contributed by atoms with Gasteiger partial charge in [0.15, 0.2) is 0 Å². The Bertz CT molecular complexity index is 247. The van der Waals surface area contributed by atoms with Crippen LogP contribution in [-0.2, 0) is 0 Å². The average molecular weight is 134 g/mol. The predicted molar refractivity (Wildman–Crippen MR) is 37.1 cm³/mol. The van der Waals surface area contributed by atoms with E-state index in [-0.39, 0.29) is 0 Å². The Hall–Kier alpha value is -1.56. The summed E-state index contributed by atoms with van der Waals surface area (Å²) in [6.07, 6.45) is 1.48. The Morgan fingerprint density at radius 1 is 1.60 bits per heavy atom. The highest BCUT2D eigenvalue weighted by Gasteiger charge is 1.91. The van der Waals surface area contributed by atoms with Crippen molar-refractivity contribution in [2.24, 2.45) is 0 Å². The van der Waals surface area contributed by atoms with Crippen molar-refractivity contribution in [1.82, 2.24) is 4.98 Å². The van der Waals surface area contributed by atoms with Crippen LogP contribution in [0.25, 0.3) is 4.85 Å². The monoisotopic (exact) mass is 134 g/mol.